The Balaban J connectivity index is 0. The Kier molecular flexibility index (Phi) is 28.4. The van der Waals surface area contributed by atoms with E-state index in [-0.39, 0.29) is 12.6 Å². The standard InChI is InChI=1S/C14H27NO4.C13H27NO2/c1-3-5-7-8-10-12-19-14(18)15(13(16)17)11-9-6-4-2;1-3-5-7-8-10-12-16-13(15)14-11-9-6-4-2/h3-12H2,1-2H3,(H,16,17);3-12H2,1-2H3,(H,14,15). The van der Waals surface area contributed by atoms with Gasteiger partial charge in [0.25, 0.3) is 0 Å². The fourth-order valence-corrected chi connectivity index (χ4v) is 3.21. The largest absolute Gasteiger partial charge is 0.465 e. The molecule has 0 radical (unpaired) electrons. The van der Waals surface area contributed by atoms with Gasteiger partial charge in [-0.3, -0.25) is 0 Å². The average Bonchev–Trinajstić information content (AvgIpc) is 2.84. The molecule has 2 N–H and O–H groups in total. The van der Waals surface area contributed by atoms with Crippen LogP contribution in [-0.4, -0.2) is 54.6 Å². The van der Waals surface area contributed by atoms with Crippen molar-refractivity contribution in [2.45, 2.75) is 130 Å². The predicted octanol–water partition coefficient (Wildman–Crippen LogP) is 8.14. The SMILES string of the molecule is CCCCCCCOC(=O)N(CCCCC)C(=O)O.CCCCCCCOC(=O)NCCCCC. The van der Waals surface area contributed by atoms with Crippen LogP contribution < -0.4 is 5.32 Å². The minimum atomic E-state index is -1.23. The summed E-state index contributed by atoms with van der Waals surface area (Å²) in [6.45, 7) is 10.3. The molecule has 0 aliphatic rings. The van der Waals surface area contributed by atoms with E-state index in [2.05, 4.69) is 26.1 Å². The van der Waals surface area contributed by atoms with Gasteiger partial charge in [0.15, 0.2) is 0 Å². The van der Waals surface area contributed by atoms with Crippen LogP contribution in [0.1, 0.15) is 130 Å². The number of unbranched alkanes of at least 4 members (excludes halogenated alkanes) is 12. The number of carboxylic acid groups (broad SMARTS) is 1. The maximum Gasteiger partial charge on any atom is 0.419 e. The van der Waals surface area contributed by atoms with Crippen LogP contribution in [0.3, 0.4) is 0 Å². The smallest absolute Gasteiger partial charge is 0.419 e. The fraction of sp³-hybridized carbons (Fsp3) is 0.889. The van der Waals surface area contributed by atoms with Crippen molar-refractivity contribution in [3.63, 3.8) is 0 Å². The third-order valence-corrected chi connectivity index (χ3v) is 5.44. The lowest BCUT2D eigenvalue weighted by atomic mass is 10.2. The molecular weight excluding hydrogens is 448 g/mol. The van der Waals surface area contributed by atoms with E-state index in [1.54, 1.807) is 0 Å². The second-order valence-electron chi connectivity index (χ2n) is 8.85. The Morgan fingerprint density at radius 2 is 1.09 bits per heavy atom. The zero-order valence-corrected chi connectivity index (χ0v) is 23.1. The second-order valence-corrected chi connectivity index (χ2v) is 8.85. The monoisotopic (exact) mass is 502 g/mol. The van der Waals surface area contributed by atoms with Crippen LogP contribution in [0, 0.1) is 0 Å². The number of nitrogens with zero attached hydrogens (tertiary/aromatic N) is 1. The van der Waals surface area contributed by atoms with Gasteiger partial charge in [-0.15, -0.1) is 0 Å². The van der Waals surface area contributed by atoms with Gasteiger partial charge in [0.05, 0.1) is 13.2 Å². The van der Waals surface area contributed by atoms with E-state index < -0.39 is 12.2 Å². The first-order valence-corrected chi connectivity index (χ1v) is 14.0. The first kappa shape index (κ1) is 35.2. The van der Waals surface area contributed by atoms with Gasteiger partial charge in [0.1, 0.15) is 0 Å². The van der Waals surface area contributed by atoms with Crippen LogP contribution in [0.25, 0.3) is 0 Å². The lowest BCUT2D eigenvalue weighted by molar-refractivity contribution is 0.0924. The minimum Gasteiger partial charge on any atom is -0.465 e. The predicted molar refractivity (Wildman–Crippen MR) is 142 cm³/mol. The maximum atomic E-state index is 11.6. The summed E-state index contributed by atoms with van der Waals surface area (Å²) in [5.74, 6) is 0. The van der Waals surface area contributed by atoms with Gasteiger partial charge in [-0.2, -0.15) is 0 Å². The van der Waals surface area contributed by atoms with Crippen LogP contribution in [0.15, 0.2) is 0 Å². The number of ether oxygens (including phenoxy) is 2. The van der Waals surface area contributed by atoms with E-state index in [0.717, 1.165) is 69.2 Å². The van der Waals surface area contributed by atoms with Crippen molar-refractivity contribution in [2.75, 3.05) is 26.3 Å². The molecule has 0 atom stereocenters. The molecule has 0 bridgehead atoms. The quantitative estimate of drug-likeness (QED) is 0.163. The van der Waals surface area contributed by atoms with E-state index in [1.807, 2.05) is 6.92 Å². The summed E-state index contributed by atoms with van der Waals surface area (Å²) in [6, 6.07) is 0. The molecule has 208 valence electrons. The molecule has 35 heavy (non-hydrogen) atoms. The number of imide groups is 1. The van der Waals surface area contributed by atoms with Crippen LogP contribution in [0.2, 0.25) is 0 Å². The Hall–Kier alpha value is -1.99. The molecule has 0 aromatic carbocycles. The summed E-state index contributed by atoms with van der Waals surface area (Å²) in [6.07, 6.45) is 15.0. The number of nitrogens with one attached hydrogen (secondary N) is 1. The third kappa shape index (κ3) is 26.5. The highest BCUT2D eigenvalue weighted by atomic mass is 16.6. The first-order valence-electron chi connectivity index (χ1n) is 14.0. The Labute approximate surface area is 214 Å². The normalized spacial score (nSPS) is 10.2. The van der Waals surface area contributed by atoms with Crippen LogP contribution in [-0.2, 0) is 9.47 Å². The lowest BCUT2D eigenvalue weighted by Crippen LogP contribution is -2.37. The van der Waals surface area contributed by atoms with Crippen LogP contribution in [0.5, 0.6) is 0 Å². The Morgan fingerprint density at radius 3 is 1.60 bits per heavy atom. The molecule has 0 aromatic rings. The Bertz CT molecular complexity index is 502. The Morgan fingerprint density at radius 1 is 0.629 bits per heavy atom. The van der Waals surface area contributed by atoms with E-state index in [1.165, 1.54) is 38.5 Å². The second kappa shape index (κ2) is 28.2. The van der Waals surface area contributed by atoms with Gasteiger partial charge >= 0.3 is 18.3 Å². The molecule has 0 aliphatic carbocycles. The number of hydrogen-bond donors (Lipinski definition) is 2. The van der Waals surface area contributed by atoms with Crippen molar-refractivity contribution in [3.8, 4) is 0 Å². The summed E-state index contributed by atoms with van der Waals surface area (Å²) >= 11 is 0. The van der Waals surface area contributed by atoms with Crippen molar-refractivity contribution < 1.29 is 29.0 Å². The van der Waals surface area contributed by atoms with Gasteiger partial charge in [-0.05, 0) is 25.7 Å². The van der Waals surface area contributed by atoms with E-state index in [0.29, 0.717) is 19.6 Å². The molecule has 0 saturated heterocycles. The van der Waals surface area contributed by atoms with Gasteiger partial charge in [-0.25, -0.2) is 19.3 Å². The van der Waals surface area contributed by atoms with Crippen molar-refractivity contribution in [3.05, 3.63) is 0 Å². The van der Waals surface area contributed by atoms with Gasteiger partial charge in [0.2, 0.25) is 0 Å². The third-order valence-electron chi connectivity index (χ3n) is 5.44. The highest BCUT2D eigenvalue weighted by Crippen LogP contribution is 2.05. The van der Waals surface area contributed by atoms with Gasteiger partial charge < -0.3 is 19.9 Å². The summed E-state index contributed by atoms with van der Waals surface area (Å²) < 4.78 is 10.0. The molecule has 0 rings (SSSR count). The molecule has 0 aromatic heterocycles. The van der Waals surface area contributed by atoms with E-state index >= 15 is 0 Å². The molecule has 8 heteroatoms. The molecule has 8 nitrogen and oxygen atoms in total. The van der Waals surface area contributed by atoms with E-state index in [9.17, 15) is 14.4 Å². The highest BCUT2D eigenvalue weighted by molar-refractivity contribution is 5.86. The number of carbonyl (C=O) groups is 3. The lowest BCUT2D eigenvalue weighted by Gasteiger charge is -2.16. The van der Waals surface area contributed by atoms with Crippen LogP contribution in [0.4, 0.5) is 14.4 Å². The molecule has 0 fully saturated rings. The summed E-state index contributed by atoms with van der Waals surface area (Å²) in [7, 11) is 0. The zero-order valence-electron chi connectivity index (χ0n) is 23.1. The number of rotatable bonds is 20. The maximum absolute atomic E-state index is 11.6. The van der Waals surface area contributed by atoms with Gasteiger partial charge in [-0.1, -0.05) is 105 Å². The number of alkyl carbamates (subject to hydrolysis) is 1. The molecule has 3 amide bonds. The number of hydrogen-bond acceptors (Lipinski definition) is 5. The van der Waals surface area contributed by atoms with Gasteiger partial charge in [0, 0.05) is 13.1 Å². The molecule has 0 unspecified atom stereocenters. The fourth-order valence-electron chi connectivity index (χ4n) is 3.21. The minimum absolute atomic E-state index is 0.220. The van der Waals surface area contributed by atoms with Crippen molar-refractivity contribution in [1.29, 1.82) is 0 Å². The molecular formula is C27H54N2O6. The van der Waals surface area contributed by atoms with Crippen molar-refractivity contribution in [2.24, 2.45) is 0 Å². The summed E-state index contributed by atoms with van der Waals surface area (Å²) in [5.41, 5.74) is 0. The van der Waals surface area contributed by atoms with Crippen LogP contribution >= 0.6 is 0 Å². The van der Waals surface area contributed by atoms with Crippen molar-refractivity contribution in [1.82, 2.24) is 10.2 Å². The summed E-state index contributed by atoms with van der Waals surface area (Å²) in [4.78, 5) is 34.5. The number of carbonyl (C=O) groups excluding carboxylic acids is 2. The molecule has 0 spiro atoms. The summed E-state index contributed by atoms with van der Waals surface area (Å²) in [5, 5.41) is 11.7. The highest BCUT2D eigenvalue weighted by Gasteiger charge is 2.21. The zero-order chi connectivity index (χ0) is 26.6. The molecule has 0 heterocycles. The average molecular weight is 503 g/mol. The topological polar surface area (TPSA) is 105 Å². The van der Waals surface area contributed by atoms with E-state index in [4.69, 9.17) is 14.6 Å². The van der Waals surface area contributed by atoms with Crippen molar-refractivity contribution >= 4 is 18.3 Å². The molecule has 0 aliphatic heterocycles. The molecule has 0 saturated carbocycles. The first-order chi connectivity index (χ1) is 16.9. The number of amides is 3.